The molecule has 0 atom stereocenters. The third-order valence-corrected chi connectivity index (χ3v) is 4.46. The molecule has 0 heterocycles. The van der Waals surface area contributed by atoms with Crippen molar-refractivity contribution in [1.82, 2.24) is 0 Å². The van der Waals surface area contributed by atoms with Gasteiger partial charge in [0.25, 0.3) is 0 Å². The molecule has 0 amide bonds. The van der Waals surface area contributed by atoms with E-state index in [1.165, 1.54) is 19.1 Å². The van der Waals surface area contributed by atoms with Gasteiger partial charge in [0.2, 0.25) is 0 Å². The predicted molar refractivity (Wildman–Crippen MR) is 76.6 cm³/mol. The Hall–Kier alpha value is -1.62. The van der Waals surface area contributed by atoms with Crippen LogP contribution >= 0.6 is 0 Å². The number of rotatable bonds is 5. The summed E-state index contributed by atoms with van der Waals surface area (Å²) in [5.41, 5.74) is 1.02. The van der Waals surface area contributed by atoms with E-state index in [0.717, 1.165) is 11.6 Å². The quantitative estimate of drug-likeness (QED) is 0.511. The number of hydrogen-bond acceptors (Lipinski definition) is 3. The molecule has 0 fully saturated rings. The number of carbonyl (C=O) groups excluding carboxylic acids is 1. The molecule has 0 spiro atoms. The summed E-state index contributed by atoms with van der Waals surface area (Å²) in [6.07, 6.45) is 0.701. The first kappa shape index (κ1) is 15.4. The number of benzene rings is 1. The van der Waals surface area contributed by atoms with Crippen molar-refractivity contribution >= 4 is 20.0 Å². The van der Waals surface area contributed by atoms with E-state index in [1.807, 2.05) is 0 Å². The van der Waals surface area contributed by atoms with Crippen LogP contribution in [0.1, 0.15) is 22.8 Å². The first-order chi connectivity index (χ1) is 8.69. The summed E-state index contributed by atoms with van der Waals surface area (Å²) < 4.78 is 5.00. The van der Waals surface area contributed by atoms with Crippen LogP contribution in [0, 0.1) is 0 Å². The first-order valence-electron chi connectivity index (χ1n) is 6.24. The number of hydrogen-bond donors (Lipinski definition) is 1. The molecule has 0 aliphatic carbocycles. The van der Waals surface area contributed by atoms with Crippen molar-refractivity contribution in [2.45, 2.75) is 39.0 Å². The van der Waals surface area contributed by atoms with Crippen LogP contribution in [0.4, 0.5) is 0 Å². The summed E-state index contributed by atoms with van der Waals surface area (Å²) in [6.45, 7) is 8.04. The summed E-state index contributed by atoms with van der Waals surface area (Å²) in [5.74, 6) is -0.942. The second-order valence-corrected chi connectivity index (χ2v) is 11.4. The number of carbonyl (C=O) groups is 2. The zero-order chi connectivity index (χ0) is 14.6. The molecule has 0 saturated heterocycles. The number of carboxylic acids is 1. The maximum Gasteiger partial charge on any atom is 0.335 e. The van der Waals surface area contributed by atoms with E-state index in [4.69, 9.17) is 4.74 Å². The fraction of sp³-hybridized carbons (Fsp3) is 0.429. The van der Waals surface area contributed by atoms with Gasteiger partial charge in [0.15, 0.2) is 0 Å². The van der Waals surface area contributed by atoms with Gasteiger partial charge in [0.1, 0.15) is 5.75 Å². The van der Waals surface area contributed by atoms with Crippen LogP contribution in [0.3, 0.4) is 0 Å². The Balaban J connectivity index is 3.01. The molecule has 0 saturated carbocycles. The maximum atomic E-state index is 11.2. The molecule has 1 rings (SSSR count). The van der Waals surface area contributed by atoms with Crippen LogP contribution in [0.5, 0.6) is 5.75 Å². The second-order valence-electron chi connectivity index (χ2n) is 5.78. The van der Waals surface area contributed by atoms with Crippen molar-refractivity contribution in [2.75, 3.05) is 0 Å². The van der Waals surface area contributed by atoms with Crippen LogP contribution in [0.25, 0.3) is 0 Å². The van der Waals surface area contributed by atoms with Crippen LogP contribution in [0.15, 0.2) is 18.2 Å². The van der Waals surface area contributed by atoms with Crippen molar-refractivity contribution in [1.29, 1.82) is 0 Å². The highest BCUT2D eigenvalue weighted by atomic mass is 28.3. The lowest BCUT2D eigenvalue weighted by Crippen LogP contribution is -2.20. The number of ether oxygens (including phenoxy) is 1. The summed E-state index contributed by atoms with van der Waals surface area (Å²) >= 11 is 0. The lowest BCUT2D eigenvalue weighted by Gasteiger charge is -2.16. The van der Waals surface area contributed by atoms with Crippen molar-refractivity contribution in [3.8, 4) is 5.75 Å². The third kappa shape index (κ3) is 5.26. The van der Waals surface area contributed by atoms with Crippen LogP contribution in [-0.2, 0) is 11.2 Å². The predicted octanol–water partition coefficient (Wildman–Crippen LogP) is 3.19. The molecule has 0 aromatic heterocycles. The second kappa shape index (κ2) is 6.01. The fourth-order valence-electron chi connectivity index (χ4n) is 1.72. The molecule has 5 heteroatoms. The molecule has 4 nitrogen and oxygen atoms in total. The van der Waals surface area contributed by atoms with Crippen molar-refractivity contribution in [3.63, 3.8) is 0 Å². The van der Waals surface area contributed by atoms with Gasteiger partial charge in [-0.05, 0) is 30.2 Å². The van der Waals surface area contributed by atoms with E-state index in [0.29, 0.717) is 12.2 Å². The zero-order valence-corrected chi connectivity index (χ0v) is 12.8. The van der Waals surface area contributed by atoms with Crippen molar-refractivity contribution in [3.05, 3.63) is 29.3 Å². The van der Waals surface area contributed by atoms with Gasteiger partial charge in [-0.2, -0.15) is 0 Å². The van der Waals surface area contributed by atoms with Crippen molar-refractivity contribution < 1.29 is 19.4 Å². The smallest absolute Gasteiger partial charge is 0.335 e. The highest BCUT2D eigenvalue weighted by Crippen LogP contribution is 2.22. The minimum Gasteiger partial charge on any atom is -0.478 e. The standard InChI is InChI=1S/C14H20O4Si/c1-10(15)18-12-5-6-13(14(16)17)11(9-12)7-8-19(2,3)4/h5-6,9H,7-8H2,1-4H3,(H,16,17). The Morgan fingerprint density at radius 1 is 1.26 bits per heavy atom. The van der Waals surface area contributed by atoms with Crippen LogP contribution in [-0.4, -0.2) is 25.1 Å². The molecule has 1 aromatic rings. The number of aromatic carboxylic acids is 1. The monoisotopic (exact) mass is 280 g/mol. The molecule has 1 aromatic carbocycles. The molecule has 1 N–H and O–H groups in total. The molecule has 104 valence electrons. The lowest BCUT2D eigenvalue weighted by atomic mass is 10.0. The van der Waals surface area contributed by atoms with E-state index in [-0.39, 0.29) is 5.56 Å². The largest absolute Gasteiger partial charge is 0.478 e. The van der Waals surface area contributed by atoms with Gasteiger partial charge < -0.3 is 9.84 Å². The van der Waals surface area contributed by atoms with Gasteiger partial charge in [0, 0.05) is 15.0 Å². The Morgan fingerprint density at radius 2 is 1.89 bits per heavy atom. The average Bonchev–Trinajstić information content (AvgIpc) is 2.24. The third-order valence-electron chi connectivity index (χ3n) is 2.71. The Morgan fingerprint density at radius 3 is 2.37 bits per heavy atom. The fourth-order valence-corrected chi connectivity index (χ4v) is 2.74. The minimum absolute atomic E-state index is 0.286. The van der Waals surface area contributed by atoms with Gasteiger partial charge >= 0.3 is 11.9 Å². The summed E-state index contributed by atoms with van der Waals surface area (Å²) in [4.78, 5) is 22.1. The number of esters is 1. The normalized spacial score (nSPS) is 11.2. The Kier molecular flexibility index (Phi) is 4.88. The minimum atomic E-state index is -1.25. The number of aryl methyl sites for hydroxylation is 1. The molecular formula is C14H20O4Si. The van der Waals surface area contributed by atoms with E-state index in [2.05, 4.69) is 19.6 Å². The van der Waals surface area contributed by atoms with Crippen LogP contribution < -0.4 is 4.74 Å². The molecule has 0 aliphatic rings. The SMILES string of the molecule is CC(=O)Oc1ccc(C(=O)O)c(CC[Si](C)(C)C)c1. The lowest BCUT2D eigenvalue weighted by molar-refractivity contribution is -0.131. The molecule has 0 radical (unpaired) electrons. The van der Waals surface area contributed by atoms with Gasteiger partial charge in [-0.25, -0.2) is 4.79 Å². The molecular weight excluding hydrogens is 260 g/mol. The topological polar surface area (TPSA) is 63.6 Å². The zero-order valence-electron chi connectivity index (χ0n) is 11.8. The van der Waals surface area contributed by atoms with E-state index in [9.17, 15) is 14.7 Å². The Labute approximate surface area is 114 Å². The highest BCUT2D eigenvalue weighted by molar-refractivity contribution is 6.76. The van der Waals surface area contributed by atoms with Crippen molar-refractivity contribution in [2.24, 2.45) is 0 Å². The molecule has 0 bridgehead atoms. The Bertz CT molecular complexity index is 489. The van der Waals surface area contributed by atoms with E-state index >= 15 is 0 Å². The highest BCUT2D eigenvalue weighted by Gasteiger charge is 2.17. The first-order valence-corrected chi connectivity index (χ1v) is 9.94. The maximum absolute atomic E-state index is 11.2. The number of carboxylic acid groups (broad SMARTS) is 1. The summed E-state index contributed by atoms with van der Waals surface area (Å²) in [7, 11) is -1.25. The summed E-state index contributed by atoms with van der Waals surface area (Å²) in [5, 5.41) is 9.17. The molecule has 0 unspecified atom stereocenters. The average molecular weight is 280 g/mol. The molecule has 19 heavy (non-hydrogen) atoms. The van der Waals surface area contributed by atoms with E-state index in [1.54, 1.807) is 6.07 Å². The molecule has 0 aliphatic heterocycles. The van der Waals surface area contributed by atoms with E-state index < -0.39 is 20.0 Å². The van der Waals surface area contributed by atoms with Gasteiger partial charge in [0.05, 0.1) is 5.56 Å². The van der Waals surface area contributed by atoms with Gasteiger partial charge in [-0.3, -0.25) is 4.79 Å². The summed E-state index contributed by atoms with van der Waals surface area (Å²) in [6, 6.07) is 5.67. The van der Waals surface area contributed by atoms with Gasteiger partial charge in [-0.15, -0.1) is 0 Å². The van der Waals surface area contributed by atoms with Gasteiger partial charge in [-0.1, -0.05) is 25.7 Å². The van der Waals surface area contributed by atoms with Crippen LogP contribution in [0.2, 0.25) is 25.7 Å².